The molecule has 0 bridgehead atoms. The van der Waals surface area contributed by atoms with Gasteiger partial charge in [0.2, 0.25) is 21.5 Å². The lowest BCUT2D eigenvalue weighted by Crippen LogP contribution is -2.40. The lowest BCUT2D eigenvalue weighted by Gasteiger charge is -2.22. The first-order valence-corrected chi connectivity index (χ1v) is 7.14. The number of primary amides is 1. The molecule has 0 aliphatic carbocycles. The number of sulfonamides is 1. The van der Waals surface area contributed by atoms with E-state index in [0.717, 1.165) is 16.6 Å². The smallest absolute Gasteiger partial charge is 0.247 e. The van der Waals surface area contributed by atoms with E-state index in [1.807, 2.05) is 13.8 Å². The second-order valence-corrected chi connectivity index (χ2v) is 6.48. The number of aromatic amines is 1. The number of nitrogens with one attached hydrogen (secondary N) is 1. The van der Waals surface area contributed by atoms with Gasteiger partial charge in [-0.1, -0.05) is 13.8 Å². The van der Waals surface area contributed by atoms with Crippen molar-refractivity contribution in [2.45, 2.75) is 18.7 Å². The van der Waals surface area contributed by atoms with Crippen LogP contribution in [0.15, 0.2) is 28.0 Å². The first-order chi connectivity index (χ1) is 8.73. The predicted molar refractivity (Wildman–Crippen MR) is 69.9 cm³/mol. The Balaban J connectivity index is 3.14. The molecule has 0 fully saturated rings. The van der Waals surface area contributed by atoms with Crippen LogP contribution in [0.5, 0.6) is 0 Å². The van der Waals surface area contributed by atoms with Gasteiger partial charge < -0.3 is 10.7 Å². The molecule has 3 N–H and O–H groups in total. The van der Waals surface area contributed by atoms with Crippen molar-refractivity contribution in [1.82, 2.24) is 9.29 Å². The summed E-state index contributed by atoms with van der Waals surface area (Å²) in [5.41, 5.74) is 4.67. The Labute approximate surface area is 111 Å². The van der Waals surface area contributed by atoms with E-state index in [1.165, 1.54) is 6.07 Å². The molecule has 8 heteroatoms. The van der Waals surface area contributed by atoms with Gasteiger partial charge >= 0.3 is 0 Å². The number of hydrogen-bond donors (Lipinski definition) is 2. The fourth-order valence-electron chi connectivity index (χ4n) is 1.53. The zero-order valence-corrected chi connectivity index (χ0v) is 11.6. The van der Waals surface area contributed by atoms with Crippen LogP contribution < -0.4 is 11.3 Å². The Morgan fingerprint density at radius 2 is 2.05 bits per heavy atom. The summed E-state index contributed by atoms with van der Waals surface area (Å²) in [6.07, 6.45) is 1.10. The maximum atomic E-state index is 12.3. The highest BCUT2D eigenvalue weighted by Crippen LogP contribution is 2.14. The molecule has 0 unspecified atom stereocenters. The number of pyridine rings is 1. The summed E-state index contributed by atoms with van der Waals surface area (Å²) in [6.45, 7) is 3.44. The number of carbonyl (C=O) groups is 1. The predicted octanol–water partition coefficient (Wildman–Crippen LogP) is -0.493. The van der Waals surface area contributed by atoms with Crippen LogP contribution in [-0.2, 0) is 14.8 Å². The third kappa shape index (κ3) is 4.18. The number of rotatable bonds is 6. The molecule has 0 spiro atoms. The molecule has 0 aromatic carbocycles. The maximum Gasteiger partial charge on any atom is 0.247 e. The fraction of sp³-hybridized carbons (Fsp3) is 0.455. The first-order valence-electron chi connectivity index (χ1n) is 5.70. The topological polar surface area (TPSA) is 113 Å². The number of hydrogen-bond acceptors (Lipinski definition) is 4. The summed E-state index contributed by atoms with van der Waals surface area (Å²) < 4.78 is 25.6. The molecule has 0 saturated heterocycles. The SMILES string of the molecule is CC(C)CN(CC(N)=O)S(=O)(=O)c1ccc(=O)[nH]c1. The van der Waals surface area contributed by atoms with Gasteiger partial charge in [0.25, 0.3) is 0 Å². The molecule has 0 aliphatic rings. The van der Waals surface area contributed by atoms with Gasteiger partial charge in [0.05, 0.1) is 11.4 Å². The van der Waals surface area contributed by atoms with Crippen molar-refractivity contribution in [1.29, 1.82) is 0 Å². The molecule has 0 radical (unpaired) electrons. The van der Waals surface area contributed by atoms with Gasteiger partial charge in [-0.2, -0.15) is 4.31 Å². The lowest BCUT2D eigenvalue weighted by molar-refractivity contribution is -0.118. The van der Waals surface area contributed by atoms with Crippen molar-refractivity contribution < 1.29 is 13.2 Å². The molecule has 1 aromatic heterocycles. The monoisotopic (exact) mass is 287 g/mol. The summed E-state index contributed by atoms with van der Waals surface area (Å²) >= 11 is 0. The van der Waals surface area contributed by atoms with Crippen molar-refractivity contribution in [2.75, 3.05) is 13.1 Å². The zero-order valence-electron chi connectivity index (χ0n) is 10.8. The first kappa shape index (κ1) is 15.4. The zero-order chi connectivity index (χ0) is 14.6. The van der Waals surface area contributed by atoms with Gasteiger partial charge in [0.15, 0.2) is 0 Å². The molecule has 19 heavy (non-hydrogen) atoms. The van der Waals surface area contributed by atoms with E-state index >= 15 is 0 Å². The second kappa shape index (κ2) is 5.98. The standard InChI is InChI=1S/C11H17N3O4S/c1-8(2)6-14(7-10(12)15)19(17,18)9-3-4-11(16)13-5-9/h3-5,8H,6-7H2,1-2H3,(H2,12,15)(H,13,16). The number of amides is 1. The molecular weight excluding hydrogens is 270 g/mol. The summed E-state index contributed by atoms with van der Waals surface area (Å²) in [4.78, 5) is 24.1. The highest BCUT2D eigenvalue weighted by molar-refractivity contribution is 7.89. The minimum atomic E-state index is -3.85. The van der Waals surface area contributed by atoms with E-state index < -0.39 is 21.5 Å². The molecule has 106 valence electrons. The van der Waals surface area contributed by atoms with Crippen molar-refractivity contribution in [3.63, 3.8) is 0 Å². The number of nitrogens with zero attached hydrogens (tertiary/aromatic N) is 1. The van der Waals surface area contributed by atoms with Crippen molar-refractivity contribution in [3.05, 3.63) is 28.7 Å². The summed E-state index contributed by atoms with van der Waals surface area (Å²) in [5.74, 6) is -0.689. The third-order valence-electron chi connectivity index (χ3n) is 2.29. The Morgan fingerprint density at radius 3 is 2.47 bits per heavy atom. The van der Waals surface area contributed by atoms with E-state index in [1.54, 1.807) is 0 Å². The molecule has 1 heterocycles. The average molecular weight is 287 g/mol. The van der Waals surface area contributed by atoms with Crippen LogP contribution in [0.1, 0.15) is 13.8 Å². The summed E-state index contributed by atoms with van der Waals surface area (Å²) in [7, 11) is -3.85. The van der Waals surface area contributed by atoms with Crippen LogP contribution in [0.4, 0.5) is 0 Å². The Kier molecular flexibility index (Phi) is 4.84. The summed E-state index contributed by atoms with van der Waals surface area (Å²) in [6, 6.07) is 2.31. The molecular formula is C11H17N3O4S. The Hall–Kier alpha value is -1.67. The van der Waals surface area contributed by atoms with Crippen LogP contribution in [0.2, 0.25) is 0 Å². The molecule has 1 amide bonds. The van der Waals surface area contributed by atoms with Crippen LogP contribution in [0, 0.1) is 5.92 Å². The molecule has 1 aromatic rings. The summed E-state index contributed by atoms with van der Waals surface area (Å²) in [5, 5.41) is 0. The van der Waals surface area contributed by atoms with E-state index in [9.17, 15) is 18.0 Å². The molecule has 0 atom stereocenters. The molecule has 1 rings (SSSR count). The Bertz CT molecular complexity index is 586. The van der Waals surface area contributed by atoms with Gasteiger partial charge in [0.1, 0.15) is 0 Å². The van der Waals surface area contributed by atoms with Gasteiger partial charge in [0, 0.05) is 18.8 Å². The lowest BCUT2D eigenvalue weighted by atomic mass is 10.2. The molecule has 0 saturated carbocycles. The van der Waals surface area contributed by atoms with E-state index in [2.05, 4.69) is 4.98 Å². The molecule has 0 aliphatic heterocycles. The minimum Gasteiger partial charge on any atom is -0.369 e. The Morgan fingerprint density at radius 1 is 1.42 bits per heavy atom. The van der Waals surface area contributed by atoms with Gasteiger partial charge in [-0.05, 0) is 12.0 Å². The van der Waals surface area contributed by atoms with Crippen molar-refractivity contribution in [2.24, 2.45) is 11.7 Å². The van der Waals surface area contributed by atoms with E-state index in [4.69, 9.17) is 5.73 Å². The minimum absolute atomic E-state index is 0.0388. The number of carbonyl (C=O) groups excluding carboxylic acids is 1. The van der Waals surface area contributed by atoms with Crippen molar-refractivity contribution >= 4 is 15.9 Å². The van der Waals surface area contributed by atoms with Crippen molar-refractivity contribution in [3.8, 4) is 0 Å². The maximum absolute atomic E-state index is 12.3. The largest absolute Gasteiger partial charge is 0.369 e. The quantitative estimate of drug-likeness (QED) is 0.734. The van der Waals surface area contributed by atoms with Crippen LogP contribution in [-0.4, -0.2) is 36.7 Å². The van der Waals surface area contributed by atoms with E-state index in [-0.39, 0.29) is 23.9 Å². The van der Waals surface area contributed by atoms with Crippen LogP contribution >= 0.6 is 0 Å². The van der Waals surface area contributed by atoms with Crippen LogP contribution in [0.3, 0.4) is 0 Å². The highest BCUT2D eigenvalue weighted by Gasteiger charge is 2.26. The van der Waals surface area contributed by atoms with Gasteiger partial charge in [-0.15, -0.1) is 0 Å². The third-order valence-corrected chi connectivity index (χ3v) is 4.10. The average Bonchev–Trinajstić information content (AvgIpc) is 2.27. The second-order valence-electron chi connectivity index (χ2n) is 4.55. The highest BCUT2D eigenvalue weighted by atomic mass is 32.2. The number of H-pyrrole nitrogens is 1. The van der Waals surface area contributed by atoms with Crippen LogP contribution in [0.25, 0.3) is 0 Å². The molecule has 7 nitrogen and oxygen atoms in total. The fourth-order valence-corrected chi connectivity index (χ4v) is 3.07. The normalized spacial score (nSPS) is 12.0. The van der Waals surface area contributed by atoms with Gasteiger partial charge in [-0.25, -0.2) is 8.42 Å². The van der Waals surface area contributed by atoms with Gasteiger partial charge in [-0.3, -0.25) is 9.59 Å². The number of nitrogens with two attached hydrogens (primary N) is 1. The van der Waals surface area contributed by atoms with E-state index in [0.29, 0.717) is 0 Å². The number of aromatic nitrogens is 1.